The molecule has 6 heteroatoms. The van der Waals surface area contributed by atoms with Gasteiger partial charge in [-0.2, -0.15) is 0 Å². The van der Waals surface area contributed by atoms with E-state index in [1.165, 1.54) is 6.33 Å². The van der Waals surface area contributed by atoms with Crippen LogP contribution < -0.4 is 5.32 Å². The van der Waals surface area contributed by atoms with Crippen LogP contribution in [0, 0.1) is 0 Å². The number of carbonyl (C=O) groups is 2. The molecule has 0 bridgehead atoms. The maximum atomic E-state index is 11.6. The Morgan fingerprint density at radius 3 is 3.00 bits per heavy atom. The average molecular weight is 240 g/mol. The van der Waals surface area contributed by atoms with Gasteiger partial charge in [-0.15, -0.1) is 11.6 Å². The largest absolute Gasteiger partial charge is 0.296 e. The molecule has 16 heavy (non-hydrogen) atoms. The first-order valence-electron chi connectivity index (χ1n) is 4.91. The van der Waals surface area contributed by atoms with Crippen LogP contribution in [0.4, 0.5) is 0 Å². The summed E-state index contributed by atoms with van der Waals surface area (Å²) in [5.41, 5.74) is 1.36. The quantitative estimate of drug-likeness (QED) is 0.610. The molecule has 2 heterocycles. The highest BCUT2D eigenvalue weighted by Gasteiger charge is 2.30. The van der Waals surface area contributed by atoms with E-state index in [9.17, 15) is 9.59 Å². The summed E-state index contributed by atoms with van der Waals surface area (Å²) < 4.78 is 0. The van der Waals surface area contributed by atoms with Gasteiger partial charge in [-0.3, -0.25) is 14.9 Å². The van der Waals surface area contributed by atoms with Crippen LogP contribution in [0.2, 0.25) is 0 Å². The van der Waals surface area contributed by atoms with Gasteiger partial charge in [0.25, 0.3) is 0 Å². The maximum Gasteiger partial charge on any atom is 0.235 e. The number of hydrogen-bond acceptors (Lipinski definition) is 4. The second-order valence-electron chi connectivity index (χ2n) is 3.57. The van der Waals surface area contributed by atoms with Gasteiger partial charge >= 0.3 is 0 Å². The van der Waals surface area contributed by atoms with Crippen LogP contribution in [0.3, 0.4) is 0 Å². The second-order valence-corrected chi connectivity index (χ2v) is 3.84. The van der Waals surface area contributed by atoms with Crippen molar-refractivity contribution < 1.29 is 9.59 Å². The molecular formula is C10H10ClN3O2. The van der Waals surface area contributed by atoms with Crippen LogP contribution in [-0.2, 0) is 15.5 Å². The number of carbonyl (C=O) groups excluding carboxylic acids is 2. The number of amides is 2. The Morgan fingerprint density at radius 1 is 1.50 bits per heavy atom. The molecule has 0 aromatic carbocycles. The third-order valence-electron chi connectivity index (χ3n) is 2.54. The van der Waals surface area contributed by atoms with Crippen molar-refractivity contribution in [2.24, 2.45) is 0 Å². The maximum absolute atomic E-state index is 11.6. The fraction of sp³-hybridized carbons (Fsp3) is 0.400. The van der Waals surface area contributed by atoms with E-state index in [2.05, 4.69) is 15.3 Å². The van der Waals surface area contributed by atoms with Gasteiger partial charge in [-0.05, 0) is 6.42 Å². The Bertz CT molecular complexity index is 436. The standard InChI is InChI=1S/C10H10ClN3O2/c11-3-6-4-12-5-13-9(6)7-1-2-8(15)14-10(7)16/h4-5,7H,1-3H2,(H,14,15,16). The van der Waals surface area contributed by atoms with Crippen molar-refractivity contribution >= 4 is 23.4 Å². The van der Waals surface area contributed by atoms with Crippen molar-refractivity contribution in [2.45, 2.75) is 24.6 Å². The Hall–Kier alpha value is -1.49. The Kier molecular flexibility index (Phi) is 3.14. The SMILES string of the molecule is O=C1CCC(c2ncncc2CCl)C(=O)N1. The number of rotatable bonds is 2. The zero-order valence-corrected chi connectivity index (χ0v) is 9.20. The third kappa shape index (κ3) is 2.04. The monoisotopic (exact) mass is 239 g/mol. The normalized spacial score (nSPS) is 20.7. The fourth-order valence-corrected chi connectivity index (χ4v) is 1.94. The van der Waals surface area contributed by atoms with Crippen LogP contribution in [-0.4, -0.2) is 21.8 Å². The molecule has 1 aromatic heterocycles. The molecule has 1 unspecified atom stereocenters. The topological polar surface area (TPSA) is 72.0 Å². The highest BCUT2D eigenvalue weighted by Crippen LogP contribution is 2.25. The number of aromatic nitrogens is 2. The van der Waals surface area contributed by atoms with Crippen molar-refractivity contribution in [2.75, 3.05) is 0 Å². The molecule has 1 N–H and O–H groups in total. The minimum absolute atomic E-state index is 0.234. The van der Waals surface area contributed by atoms with E-state index in [4.69, 9.17) is 11.6 Å². The highest BCUT2D eigenvalue weighted by molar-refractivity contribution is 6.17. The third-order valence-corrected chi connectivity index (χ3v) is 2.82. The number of nitrogens with zero attached hydrogens (tertiary/aromatic N) is 2. The van der Waals surface area contributed by atoms with Crippen LogP contribution in [0.5, 0.6) is 0 Å². The second kappa shape index (κ2) is 4.57. The van der Waals surface area contributed by atoms with E-state index in [-0.39, 0.29) is 17.7 Å². The predicted octanol–water partition coefficient (Wildman–Crippen LogP) is 0.736. The molecule has 0 saturated carbocycles. The lowest BCUT2D eigenvalue weighted by atomic mass is 9.92. The van der Waals surface area contributed by atoms with Gasteiger partial charge in [0.2, 0.25) is 11.8 Å². The molecule has 1 saturated heterocycles. The lowest BCUT2D eigenvalue weighted by Crippen LogP contribution is -2.40. The van der Waals surface area contributed by atoms with Gasteiger partial charge in [0.05, 0.1) is 17.5 Å². The van der Waals surface area contributed by atoms with Gasteiger partial charge in [0.1, 0.15) is 6.33 Å². The number of imide groups is 1. The molecule has 0 aliphatic carbocycles. The number of alkyl halides is 1. The first kappa shape index (κ1) is 11.0. The summed E-state index contributed by atoms with van der Waals surface area (Å²) >= 11 is 5.75. The van der Waals surface area contributed by atoms with Crippen molar-refractivity contribution in [1.82, 2.24) is 15.3 Å². The number of hydrogen-bond donors (Lipinski definition) is 1. The van der Waals surface area contributed by atoms with Crippen molar-refractivity contribution in [3.63, 3.8) is 0 Å². The molecule has 84 valence electrons. The van der Waals surface area contributed by atoms with Gasteiger partial charge in [0, 0.05) is 18.2 Å². The number of piperidine rings is 1. The molecule has 2 amide bonds. The Morgan fingerprint density at radius 2 is 2.31 bits per heavy atom. The molecular weight excluding hydrogens is 230 g/mol. The smallest absolute Gasteiger partial charge is 0.235 e. The van der Waals surface area contributed by atoms with Crippen molar-refractivity contribution in [3.05, 3.63) is 23.8 Å². The predicted molar refractivity (Wildman–Crippen MR) is 56.7 cm³/mol. The summed E-state index contributed by atoms with van der Waals surface area (Å²) in [6.07, 6.45) is 3.79. The summed E-state index contributed by atoms with van der Waals surface area (Å²) in [5.74, 6) is -0.674. The highest BCUT2D eigenvalue weighted by atomic mass is 35.5. The number of nitrogens with one attached hydrogen (secondary N) is 1. The first-order chi connectivity index (χ1) is 7.72. The molecule has 2 rings (SSSR count). The Labute approximate surface area is 97.2 Å². The van der Waals surface area contributed by atoms with E-state index >= 15 is 0 Å². The average Bonchev–Trinajstić information content (AvgIpc) is 2.29. The van der Waals surface area contributed by atoms with E-state index in [0.29, 0.717) is 18.5 Å². The molecule has 1 aliphatic rings. The molecule has 1 fully saturated rings. The van der Waals surface area contributed by atoms with E-state index in [1.807, 2.05) is 0 Å². The summed E-state index contributed by atoms with van der Waals surface area (Å²) in [5, 5.41) is 2.30. The summed E-state index contributed by atoms with van der Waals surface area (Å²) in [4.78, 5) is 30.6. The minimum atomic E-state index is -0.394. The summed E-state index contributed by atoms with van der Waals surface area (Å²) in [6.45, 7) is 0. The lowest BCUT2D eigenvalue weighted by molar-refractivity contribution is -0.134. The summed E-state index contributed by atoms with van der Waals surface area (Å²) in [7, 11) is 0. The van der Waals surface area contributed by atoms with Gasteiger partial charge < -0.3 is 0 Å². The van der Waals surface area contributed by atoms with E-state index in [1.54, 1.807) is 6.20 Å². The molecule has 0 radical (unpaired) electrons. The fourth-order valence-electron chi connectivity index (χ4n) is 1.74. The summed E-state index contributed by atoms with van der Waals surface area (Å²) in [6, 6.07) is 0. The van der Waals surface area contributed by atoms with Crippen LogP contribution in [0.25, 0.3) is 0 Å². The number of halogens is 1. The lowest BCUT2D eigenvalue weighted by Gasteiger charge is -2.21. The van der Waals surface area contributed by atoms with Crippen LogP contribution in [0.1, 0.15) is 30.0 Å². The zero-order chi connectivity index (χ0) is 11.5. The molecule has 1 aliphatic heterocycles. The van der Waals surface area contributed by atoms with E-state index < -0.39 is 5.92 Å². The van der Waals surface area contributed by atoms with Crippen LogP contribution in [0.15, 0.2) is 12.5 Å². The van der Waals surface area contributed by atoms with E-state index in [0.717, 1.165) is 5.56 Å². The molecule has 1 aromatic rings. The first-order valence-corrected chi connectivity index (χ1v) is 5.44. The van der Waals surface area contributed by atoms with Gasteiger partial charge in [-0.25, -0.2) is 9.97 Å². The van der Waals surface area contributed by atoms with Crippen molar-refractivity contribution in [1.29, 1.82) is 0 Å². The zero-order valence-electron chi connectivity index (χ0n) is 8.44. The Balaban J connectivity index is 2.30. The van der Waals surface area contributed by atoms with Crippen molar-refractivity contribution in [3.8, 4) is 0 Å². The minimum Gasteiger partial charge on any atom is -0.296 e. The van der Waals surface area contributed by atoms with Gasteiger partial charge in [0.15, 0.2) is 0 Å². The molecule has 0 spiro atoms. The van der Waals surface area contributed by atoms with Crippen LogP contribution >= 0.6 is 11.6 Å². The molecule has 1 atom stereocenters. The molecule has 5 nitrogen and oxygen atoms in total. The van der Waals surface area contributed by atoms with Gasteiger partial charge in [-0.1, -0.05) is 0 Å².